The molecule has 0 amide bonds. The van der Waals surface area contributed by atoms with E-state index in [0.29, 0.717) is 11.6 Å². The van der Waals surface area contributed by atoms with Gasteiger partial charge in [-0.25, -0.2) is 0 Å². The highest BCUT2D eigenvalue weighted by Gasteiger charge is 2.30. The van der Waals surface area contributed by atoms with Gasteiger partial charge in [0.2, 0.25) is 0 Å². The molecule has 1 unspecified atom stereocenters. The molecule has 1 atom stereocenters. The fourth-order valence-electron chi connectivity index (χ4n) is 1.92. The Hall–Kier alpha value is -0.730. The van der Waals surface area contributed by atoms with Gasteiger partial charge in [-0.15, -0.1) is 0 Å². The van der Waals surface area contributed by atoms with E-state index in [9.17, 15) is 0 Å². The van der Waals surface area contributed by atoms with Crippen LogP contribution in [0.3, 0.4) is 0 Å². The van der Waals surface area contributed by atoms with Crippen molar-refractivity contribution in [1.29, 1.82) is 0 Å². The van der Waals surface area contributed by atoms with Crippen LogP contribution in [0.4, 0.5) is 0 Å². The van der Waals surface area contributed by atoms with Gasteiger partial charge in [-0.3, -0.25) is 0 Å². The van der Waals surface area contributed by atoms with Crippen molar-refractivity contribution >= 4 is 11.6 Å². The van der Waals surface area contributed by atoms with Crippen molar-refractivity contribution in [3.63, 3.8) is 0 Å². The normalized spacial score (nSPS) is 24.5. The van der Waals surface area contributed by atoms with E-state index >= 15 is 0 Å². The molecule has 3 heteroatoms. The number of hydrogen-bond donors (Lipinski definition) is 1. The third-order valence-electron chi connectivity index (χ3n) is 2.99. The number of aryl methyl sites for hydroxylation is 1. The van der Waals surface area contributed by atoms with Crippen LogP contribution in [0.1, 0.15) is 31.4 Å². The summed E-state index contributed by atoms with van der Waals surface area (Å²) in [5.74, 6) is 0.769. The zero-order chi connectivity index (χ0) is 11.1. The van der Waals surface area contributed by atoms with Crippen LogP contribution >= 0.6 is 11.6 Å². The predicted molar refractivity (Wildman–Crippen MR) is 62.5 cm³/mol. The molecule has 0 radical (unpaired) electrons. The summed E-state index contributed by atoms with van der Waals surface area (Å²) in [4.78, 5) is 0. The molecule has 0 fully saturated rings. The van der Waals surface area contributed by atoms with E-state index in [4.69, 9.17) is 22.1 Å². The van der Waals surface area contributed by atoms with Crippen LogP contribution in [0.25, 0.3) is 0 Å². The van der Waals surface area contributed by atoms with Gasteiger partial charge in [0, 0.05) is 17.5 Å². The number of hydrogen-bond acceptors (Lipinski definition) is 2. The summed E-state index contributed by atoms with van der Waals surface area (Å²) in [7, 11) is 0. The standard InChI is InChI=1S/C12H16ClNO/c1-3-8-6-9-11(10(13)7-8)15-5-4-12(9,2)14/h6-7H,3-5,14H2,1-2H3. The van der Waals surface area contributed by atoms with Crippen LogP contribution in [0.2, 0.25) is 5.02 Å². The quantitative estimate of drug-likeness (QED) is 0.798. The molecule has 1 aromatic rings. The Kier molecular flexibility index (Phi) is 2.65. The SMILES string of the molecule is CCc1cc(Cl)c2c(c1)C(C)(N)CCO2. The Bertz CT molecular complexity index is 387. The molecule has 1 aromatic carbocycles. The highest BCUT2D eigenvalue weighted by molar-refractivity contribution is 6.32. The molecule has 0 aliphatic carbocycles. The van der Waals surface area contributed by atoms with E-state index in [-0.39, 0.29) is 5.54 Å². The van der Waals surface area contributed by atoms with Crippen molar-refractivity contribution < 1.29 is 4.74 Å². The molecule has 0 spiro atoms. The minimum atomic E-state index is -0.317. The van der Waals surface area contributed by atoms with Crippen LogP contribution in [-0.4, -0.2) is 6.61 Å². The predicted octanol–water partition coefficient (Wildman–Crippen LogP) is 2.86. The minimum Gasteiger partial charge on any atom is -0.492 e. The molecule has 2 N–H and O–H groups in total. The Morgan fingerprint density at radius 3 is 2.93 bits per heavy atom. The van der Waals surface area contributed by atoms with Gasteiger partial charge in [0.25, 0.3) is 0 Å². The Balaban J connectivity index is 2.59. The molecule has 2 rings (SSSR count). The van der Waals surface area contributed by atoms with E-state index in [1.54, 1.807) is 0 Å². The summed E-state index contributed by atoms with van der Waals surface area (Å²) in [6.45, 7) is 4.78. The first kappa shape index (κ1) is 10.8. The second kappa shape index (κ2) is 3.69. The smallest absolute Gasteiger partial charge is 0.142 e. The van der Waals surface area contributed by atoms with Crippen LogP contribution in [0, 0.1) is 0 Å². The Morgan fingerprint density at radius 1 is 1.53 bits per heavy atom. The van der Waals surface area contributed by atoms with Gasteiger partial charge in [-0.05, 0) is 25.0 Å². The molecule has 0 aromatic heterocycles. The molecular weight excluding hydrogens is 210 g/mol. The van der Waals surface area contributed by atoms with E-state index in [0.717, 1.165) is 24.2 Å². The topological polar surface area (TPSA) is 35.2 Å². The van der Waals surface area contributed by atoms with Crippen molar-refractivity contribution in [3.05, 3.63) is 28.3 Å². The summed E-state index contributed by atoms with van der Waals surface area (Å²) in [6.07, 6.45) is 1.80. The summed E-state index contributed by atoms with van der Waals surface area (Å²) in [5, 5.41) is 0.681. The first-order valence-electron chi connectivity index (χ1n) is 5.29. The van der Waals surface area contributed by atoms with Crippen molar-refractivity contribution in [2.24, 2.45) is 5.73 Å². The number of benzene rings is 1. The first-order valence-corrected chi connectivity index (χ1v) is 5.67. The lowest BCUT2D eigenvalue weighted by Gasteiger charge is -2.33. The van der Waals surface area contributed by atoms with Crippen molar-refractivity contribution in [3.8, 4) is 5.75 Å². The number of fused-ring (bicyclic) bond motifs is 1. The number of halogens is 1. The monoisotopic (exact) mass is 225 g/mol. The number of ether oxygens (including phenoxy) is 1. The fraction of sp³-hybridized carbons (Fsp3) is 0.500. The second-order valence-corrected chi connectivity index (χ2v) is 4.73. The lowest BCUT2D eigenvalue weighted by atomic mass is 9.86. The molecule has 1 heterocycles. The van der Waals surface area contributed by atoms with Crippen LogP contribution in [0.15, 0.2) is 12.1 Å². The van der Waals surface area contributed by atoms with Crippen LogP contribution < -0.4 is 10.5 Å². The third-order valence-corrected chi connectivity index (χ3v) is 3.28. The largest absolute Gasteiger partial charge is 0.492 e. The minimum absolute atomic E-state index is 0.317. The molecule has 1 aliphatic rings. The highest BCUT2D eigenvalue weighted by Crippen LogP contribution is 2.40. The van der Waals surface area contributed by atoms with Gasteiger partial charge in [0.1, 0.15) is 5.75 Å². The van der Waals surface area contributed by atoms with E-state index in [1.807, 2.05) is 13.0 Å². The summed E-state index contributed by atoms with van der Waals surface area (Å²) in [6, 6.07) is 4.07. The van der Waals surface area contributed by atoms with Gasteiger partial charge in [0.05, 0.1) is 11.6 Å². The second-order valence-electron chi connectivity index (χ2n) is 4.32. The molecule has 82 valence electrons. The zero-order valence-corrected chi connectivity index (χ0v) is 9.90. The van der Waals surface area contributed by atoms with Crippen LogP contribution in [-0.2, 0) is 12.0 Å². The lowest BCUT2D eigenvalue weighted by Crippen LogP contribution is -2.38. The highest BCUT2D eigenvalue weighted by atomic mass is 35.5. The van der Waals surface area contributed by atoms with Gasteiger partial charge in [0.15, 0.2) is 0 Å². The maximum Gasteiger partial charge on any atom is 0.142 e. The van der Waals surface area contributed by atoms with E-state index in [2.05, 4.69) is 13.0 Å². The average molecular weight is 226 g/mol. The molecule has 0 bridgehead atoms. The number of rotatable bonds is 1. The summed E-state index contributed by atoms with van der Waals surface area (Å²) < 4.78 is 5.58. The fourth-order valence-corrected chi connectivity index (χ4v) is 2.22. The van der Waals surface area contributed by atoms with Crippen molar-refractivity contribution in [2.45, 2.75) is 32.2 Å². The van der Waals surface area contributed by atoms with Gasteiger partial charge in [-0.1, -0.05) is 24.6 Å². The molecular formula is C12H16ClNO. The van der Waals surface area contributed by atoms with Gasteiger partial charge in [-0.2, -0.15) is 0 Å². The summed E-state index contributed by atoms with van der Waals surface area (Å²) >= 11 is 6.17. The maximum atomic E-state index is 6.24. The average Bonchev–Trinajstić information content (AvgIpc) is 2.18. The zero-order valence-electron chi connectivity index (χ0n) is 9.14. The number of nitrogens with two attached hydrogens (primary N) is 1. The van der Waals surface area contributed by atoms with E-state index in [1.165, 1.54) is 5.56 Å². The Labute approximate surface area is 95.4 Å². The maximum absolute atomic E-state index is 6.24. The van der Waals surface area contributed by atoms with Crippen LogP contribution in [0.5, 0.6) is 5.75 Å². The van der Waals surface area contributed by atoms with E-state index < -0.39 is 0 Å². The van der Waals surface area contributed by atoms with Gasteiger partial charge < -0.3 is 10.5 Å². The molecule has 15 heavy (non-hydrogen) atoms. The molecule has 1 aliphatic heterocycles. The lowest BCUT2D eigenvalue weighted by molar-refractivity contribution is 0.227. The molecule has 0 saturated heterocycles. The van der Waals surface area contributed by atoms with Crippen molar-refractivity contribution in [2.75, 3.05) is 6.61 Å². The molecule has 2 nitrogen and oxygen atoms in total. The van der Waals surface area contributed by atoms with Gasteiger partial charge >= 0.3 is 0 Å². The summed E-state index contributed by atoms with van der Waals surface area (Å²) in [5.41, 5.74) is 8.18. The first-order chi connectivity index (χ1) is 7.04. The Morgan fingerprint density at radius 2 is 2.27 bits per heavy atom. The third kappa shape index (κ3) is 1.84. The van der Waals surface area contributed by atoms with Crippen molar-refractivity contribution in [1.82, 2.24) is 0 Å². The molecule has 0 saturated carbocycles.